The van der Waals surface area contributed by atoms with E-state index in [4.69, 9.17) is 17.3 Å². The maximum absolute atomic E-state index is 10.3. The van der Waals surface area contributed by atoms with E-state index in [1.807, 2.05) is 0 Å². The molecule has 0 fully saturated rings. The number of carbonyl (C=O) groups excluding carboxylic acids is 1. The highest BCUT2D eigenvalue weighted by molar-refractivity contribution is 6.33. The quantitative estimate of drug-likeness (QED) is 0.689. The Balaban J connectivity index is 0.00000121. The number of carboxylic acids is 1. The topological polar surface area (TPSA) is 66.2 Å². The molecule has 0 heterocycles. The summed E-state index contributed by atoms with van der Waals surface area (Å²) < 4.78 is 0. The standard InChI is InChI=1S/C7H6ClNO2.ClH/c8-5-3-1-2-4(6(5)9)7(10)11;/h1-3H,9H2,(H,10,11);1H/p-1. The van der Waals surface area contributed by atoms with Crippen LogP contribution in [-0.4, -0.2) is 5.97 Å². The van der Waals surface area contributed by atoms with Crippen LogP contribution in [0.3, 0.4) is 0 Å². The van der Waals surface area contributed by atoms with Gasteiger partial charge in [0.25, 0.3) is 0 Å². The Morgan fingerprint density at radius 1 is 1.50 bits per heavy atom. The van der Waals surface area contributed by atoms with Gasteiger partial charge in [-0.05, 0) is 6.07 Å². The van der Waals surface area contributed by atoms with Crippen LogP contribution in [0, 0.1) is 0 Å². The molecule has 1 aromatic carbocycles. The zero-order valence-electron chi connectivity index (χ0n) is 5.91. The van der Waals surface area contributed by atoms with Crippen molar-refractivity contribution in [3.63, 3.8) is 0 Å². The summed E-state index contributed by atoms with van der Waals surface area (Å²) in [4.78, 5) is 10.3. The fourth-order valence-electron chi connectivity index (χ4n) is 0.715. The first kappa shape index (κ1) is 11.1. The minimum Gasteiger partial charge on any atom is -0.545 e. The molecule has 0 aliphatic carbocycles. The molecule has 0 amide bonds. The van der Waals surface area contributed by atoms with Crippen molar-refractivity contribution >= 4 is 35.7 Å². The molecule has 0 spiro atoms. The van der Waals surface area contributed by atoms with Crippen LogP contribution in [0.2, 0.25) is 5.02 Å². The summed E-state index contributed by atoms with van der Waals surface area (Å²) in [5.74, 6) is -1.31. The first-order valence-electron chi connectivity index (χ1n) is 2.88. The Bertz CT molecular complexity index is 301. The summed E-state index contributed by atoms with van der Waals surface area (Å²) in [6, 6.07) is 4.36. The normalized spacial score (nSPS) is 8.75. The summed E-state index contributed by atoms with van der Waals surface area (Å²) >= 11 is 5.54. The molecule has 0 bridgehead atoms. The zero-order valence-corrected chi connectivity index (χ0v) is 7.48. The number of nitrogens with two attached hydrogens (primary N) is 1. The molecule has 3 nitrogen and oxygen atoms in total. The molecule has 0 radical (unpaired) electrons. The molecular weight excluding hydrogens is 201 g/mol. The number of halogens is 2. The minimum absolute atomic E-state index is 0. The fraction of sp³-hybridized carbons (Fsp3) is 0. The van der Waals surface area contributed by atoms with Crippen LogP contribution < -0.4 is 10.8 Å². The van der Waals surface area contributed by atoms with Gasteiger partial charge in [-0.15, -0.1) is 12.4 Å². The van der Waals surface area contributed by atoms with Gasteiger partial charge < -0.3 is 15.6 Å². The first-order chi connectivity index (χ1) is 5.13. The molecule has 0 saturated heterocycles. The lowest BCUT2D eigenvalue weighted by atomic mass is 10.2. The number of hydrogen-bond donors (Lipinski definition) is 1. The molecule has 66 valence electrons. The molecule has 5 heteroatoms. The molecule has 0 atom stereocenters. The predicted octanol–water partition coefficient (Wildman–Crippen LogP) is 0.707. The Hall–Kier alpha value is -0.930. The molecule has 2 N–H and O–H groups in total. The fourth-order valence-corrected chi connectivity index (χ4v) is 0.890. The summed E-state index contributed by atoms with van der Waals surface area (Å²) in [6.07, 6.45) is 0. The van der Waals surface area contributed by atoms with Crippen molar-refractivity contribution in [1.29, 1.82) is 0 Å². The lowest BCUT2D eigenvalue weighted by Crippen LogP contribution is -2.23. The number of hydrogen-bond acceptors (Lipinski definition) is 3. The maximum atomic E-state index is 10.3. The monoisotopic (exact) mass is 206 g/mol. The van der Waals surface area contributed by atoms with E-state index in [1.54, 1.807) is 0 Å². The second-order valence-corrected chi connectivity index (χ2v) is 2.40. The van der Waals surface area contributed by atoms with Crippen LogP contribution in [0.25, 0.3) is 0 Å². The number of nitrogen functional groups attached to an aromatic ring is 1. The zero-order chi connectivity index (χ0) is 8.43. The van der Waals surface area contributed by atoms with Crippen LogP contribution >= 0.6 is 24.0 Å². The first-order valence-corrected chi connectivity index (χ1v) is 3.26. The Morgan fingerprint density at radius 3 is 2.50 bits per heavy atom. The van der Waals surface area contributed by atoms with E-state index in [0.29, 0.717) is 0 Å². The van der Waals surface area contributed by atoms with Crippen LogP contribution in [0.15, 0.2) is 18.2 Å². The Morgan fingerprint density at radius 2 is 2.08 bits per heavy atom. The minimum atomic E-state index is -1.31. The van der Waals surface area contributed by atoms with E-state index in [1.165, 1.54) is 18.2 Å². The summed E-state index contributed by atoms with van der Waals surface area (Å²) in [6.45, 7) is 0. The second kappa shape index (κ2) is 4.18. The van der Waals surface area contributed by atoms with Crippen molar-refractivity contribution in [2.45, 2.75) is 0 Å². The number of aromatic carboxylic acids is 1. The maximum Gasteiger partial charge on any atom is 0.0736 e. The van der Waals surface area contributed by atoms with Crippen LogP contribution in [-0.2, 0) is 0 Å². The number of carboxylic acid groups (broad SMARTS) is 1. The third kappa shape index (κ3) is 2.03. The van der Waals surface area contributed by atoms with Gasteiger partial charge in [-0.25, -0.2) is 0 Å². The van der Waals surface area contributed by atoms with Gasteiger partial charge in [0, 0.05) is 5.56 Å². The summed E-state index contributed by atoms with van der Waals surface area (Å²) in [5, 5.41) is 10.6. The van der Waals surface area contributed by atoms with E-state index in [0.717, 1.165) is 0 Å². The molecule has 0 aliphatic heterocycles. The van der Waals surface area contributed by atoms with Crippen LogP contribution in [0.1, 0.15) is 10.4 Å². The van der Waals surface area contributed by atoms with Crippen molar-refractivity contribution in [3.8, 4) is 0 Å². The van der Waals surface area contributed by atoms with E-state index in [-0.39, 0.29) is 28.7 Å². The van der Waals surface area contributed by atoms with Gasteiger partial charge in [0.1, 0.15) is 0 Å². The van der Waals surface area contributed by atoms with Gasteiger partial charge in [0.05, 0.1) is 16.7 Å². The third-order valence-corrected chi connectivity index (χ3v) is 1.60. The van der Waals surface area contributed by atoms with E-state index < -0.39 is 5.97 Å². The Labute approximate surface area is 80.5 Å². The molecule has 1 aromatic rings. The van der Waals surface area contributed by atoms with Crippen LogP contribution in [0.4, 0.5) is 5.69 Å². The molecule has 12 heavy (non-hydrogen) atoms. The van der Waals surface area contributed by atoms with Gasteiger partial charge in [-0.3, -0.25) is 0 Å². The number of carbonyl (C=O) groups is 1. The lowest BCUT2D eigenvalue weighted by Gasteiger charge is -2.06. The van der Waals surface area contributed by atoms with Crippen molar-refractivity contribution in [2.75, 3.05) is 5.73 Å². The van der Waals surface area contributed by atoms with Gasteiger partial charge in [-0.2, -0.15) is 0 Å². The number of para-hydroxylation sites is 1. The van der Waals surface area contributed by atoms with Gasteiger partial charge in [-0.1, -0.05) is 23.7 Å². The largest absolute Gasteiger partial charge is 0.545 e. The van der Waals surface area contributed by atoms with E-state index in [9.17, 15) is 9.90 Å². The average Bonchev–Trinajstić information content (AvgIpc) is 1.94. The smallest absolute Gasteiger partial charge is 0.0736 e. The van der Waals surface area contributed by atoms with Gasteiger partial charge in [0.2, 0.25) is 0 Å². The predicted molar refractivity (Wildman–Crippen MR) is 47.4 cm³/mol. The average molecular weight is 207 g/mol. The molecule has 0 aliphatic rings. The van der Waals surface area contributed by atoms with Crippen molar-refractivity contribution < 1.29 is 9.90 Å². The van der Waals surface area contributed by atoms with Gasteiger partial charge in [0.15, 0.2) is 0 Å². The number of benzene rings is 1. The SMILES string of the molecule is Cl.Nc1c(Cl)cccc1C(=O)[O-]. The summed E-state index contributed by atoms with van der Waals surface area (Å²) in [7, 11) is 0. The molecule has 1 rings (SSSR count). The number of anilines is 1. The van der Waals surface area contributed by atoms with Crippen LogP contribution in [0.5, 0.6) is 0 Å². The van der Waals surface area contributed by atoms with Crippen molar-refractivity contribution in [1.82, 2.24) is 0 Å². The number of rotatable bonds is 1. The van der Waals surface area contributed by atoms with Crippen molar-refractivity contribution in [2.24, 2.45) is 0 Å². The lowest BCUT2D eigenvalue weighted by molar-refractivity contribution is -0.254. The molecule has 0 saturated carbocycles. The summed E-state index contributed by atoms with van der Waals surface area (Å²) in [5.41, 5.74) is 5.31. The molecule has 0 aromatic heterocycles. The van der Waals surface area contributed by atoms with E-state index >= 15 is 0 Å². The highest BCUT2D eigenvalue weighted by atomic mass is 35.5. The van der Waals surface area contributed by atoms with E-state index in [2.05, 4.69) is 0 Å². The van der Waals surface area contributed by atoms with Gasteiger partial charge >= 0.3 is 0 Å². The molecular formula is C7H6Cl2NO2-. The highest BCUT2D eigenvalue weighted by Crippen LogP contribution is 2.21. The third-order valence-electron chi connectivity index (χ3n) is 1.27. The second-order valence-electron chi connectivity index (χ2n) is 1.99. The molecule has 0 unspecified atom stereocenters. The highest BCUT2D eigenvalue weighted by Gasteiger charge is 2.01. The Kier molecular flexibility index (Phi) is 3.86. The van der Waals surface area contributed by atoms with Crippen molar-refractivity contribution in [3.05, 3.63) is 28.8 Å².